The van der Waals surface area contributed by atoms with E-state index in [0.29, 0.717) is 13.1 Å². The van der Waals surface area contributed by atoms with E-state index in [1.54, 1.807) is 6.92 Å². The van der Waals surface area contributed by atoms with Gasteiger partial charge in [-0.1, -0.05) is 91.9 Å². The van der Waals surface area contributed by atoms with Gasteiger partial charge in [0.15, 0.2) is 0 Å². The molecule has 0 aliphatic carbocycles. The van der Waals surface area contributed by atoms with Crippen molar-refractivity contribution in [1.82, 2.24) is 4.90 Å². The van der Waals surface area contributed by atoms with Gasteiger partial charge in [-0.3, -0.25) is 9.69 Å². The minimum Gasteiger partial charge on any atom is -0.481 e. The molecule has 0 aromatic heterocycles. The van der Waals surface area contributed by atoms with Gasteiger partial charge < -0.3 is 5.11 Å². The van der Waals surface area contributed by atoms with E-state index in [9.17, 15) is 9.90 Å². The third-order valence-electron chi connectivity index (χ3n) is 5.26. The number of nitrogens with zero attached hydrogens (tertiary/aromatic N) is 1. The summed E-state index contributed by atoms with van der Waals surface area (Å²) in [5.41, 5.74) is 4.64. The van der Waals surface area contributed by atoms with Gasteiger partial charge in [-0.15, -0.1) is 0 Å². The molecule has 0 spiro atoms. The van der Waals surface area contributed by atoms with Crippen molar-refractivity contribution in [3.8, 4) is 0 Å². The molecule has 0 heterocycles. The molecule has 0 aliphatic rings. The molecule has 0 radical (unpaired) electrons. The van der Waals surface area contributed by atoms with Gasteiger partial charge in [0.2, 0.25) is 0 Å². The van der Waals surface area contributed by atoms with Crippen LogP contribution >= 0.6 is 0 Å². The number of aliphatic carboxylic acids is 1. The van der Waals surface area contributed by atoms with Crippen molar-refractivity contribution in [2.45, 2.75) is 33.0 Å². The summed E-state index contributed by atoms with van der Waals surface area (Å²) < 4.78 is 0. The topological polar surface area (TPSA) is 40.5 Å². The van der Waals surface area contributed by atoms with Gasteiger partial charge >= 0.3 is 5.97 Å². The summed E-state index contributed by atoms with van der Waals surface area (Å²) in [6.45, 7) is 5.29. The molecule has 2 atom stereocenters. The highest BCUT2D eigenvalue weighted by Crippen LogP contribution is 2.32. The fourth-order valence-corrected chi connectivity index (χ4v) is 3.68. The van der Waals surface area contributed by atoms with Crippen LogP contribution in [0.2, 0.25) is 0 Å². The van der Waals surface area contributed by atoms with E-state index in [0.717, 1.165) is 5.56 Å². The van der Waals surface area contributed by atoms with Crippen LogP contribution in [0, 0.1) is 12.8 Å². The first-order valence-corrected chi connectivity index (χ1v) is 9.66. The molecule has 0 unspecified atom stereocenters. The van der Waals surface area contributed by atoms with Crippen LogP contribution in [-0.2, 0) is 17.9 Å². The Balaban J connectivity index is 2.02. The van der Waals surface area contributed by atoms with Crippen LogP contribution in [0.4, 0.5) is 0 Å². The summed E-state index contributed by atoms with van der Waals surface area (Å²) >= 11 is 0. The number of aryl methyl sites for hydroxylation is 1. The van der Waals surface area contributed by atoms with Gasteiger partial charge in [-0.25, -0.2) is 0 Å². The Morgan fingerprint density at radius 1 is 0.857 bits per heavy atom. The van der Waals surface area contributed by atoms with E-state index in [2.05, 4.69) is 36.1 Å². The third-order valence-corrected chi connectivity index (χ3v) is 5.26. The monoisotopic (exact) mass is 373 g/mol. The molecule has 0 fully saturated rings. The van der Waals surface area contributed by atoms with Crippen molar-refractivity contribution in [3.05, 3.63) is 107 Å². The summed E-state index contributed by atoms with van der Waals surface area (Å²) in [6.07, 6.45) is 0. The lowest BCUT2D eigenvalue weighted by atomic mass is 9.91. The molecule has 0 aliphatic heterocycles. The lowest BCUT2D eigenvalue weighted by Gasteiger charge is -2.35. The molecule has 0 saturated heterocycles. The zero-order chi connectivity index (χ0) is 19.9. The molecule has 3 aromatic rings. The van der Waals surface area contributed by atoms with Crippen LogP contribution in [0.15, 0.2) is 84.9 Å². The minimum atomic E-state index is -0.781. The number of rotatable bonds is 8. The molecule has 3 nitrogen and oxygen atoms in total. The lowest BCUT2D eigenvalue weighted by molar-refractivity contribution is -0.144. The summed E-state index contributed by atoms with van der Waals surface area (Å²) in [4.78, 5) is 14.2. The second kappa shape index (κ2) is 9.34. The van der Waals surface area contributed by atoms with E-state index >= 15 is 0 Å². The summed E-state index contributed by atoms with van der Waals surface area (Å²) in [5.74, 6) is -1.31. The summed E-state index contributed by atoms with van der Waals surface area (Å²) in [6, 6.07) is 28.3. The van der Waals surface area contributed by atoms with Crippen molar-refractivity contribution in [1.29, 1.82) is 0 Å². The molecule has 0 bridgehead atoms. The van der Waals surface area contributed by atoms with Crippen LogP contribution in [0.5, 0.6) is 0 Å². The maximum atomic E-state index is 12.0. The normalized spacial score (nSPS) is 13.2. The molecule has 0 saturated carbocycles. The smallest absolute Gasteiger partial charge is 0.308 e. The van der Waals surface area contributed by atoms with Crippen LogP contribution in [0.3, 0.4) is 0 Å². The molecule has 28 heavy (non-hydrogen) atoms. The van der Waals surface area contributed by atoms with Crippen molar-refractivity contribution < 1.29 is 9.90 Å². The lowest BCUT2D eigenvalue weighted by Crippen LogP contribution is -2.35. The molecule has 3 aromatic carbocycles. The first-order valence-electron chi connectivity index (χ1n) is 9.66. The van der Waals surface area contributed by atoms with Crippen molar-refractivity contribution in [2.24, 2.45) is 5.92 Å². The second-order valence-corrected chi connectivity index (χ2v) is 7.30. The maximum absolute atomic E-state index is 12.0. The van der Waals surface area contributed by atoms with E-state index in [1.807, 2.05) is 60.7 Å². The quantitative estimate of drug-likeness (QED) is 0.570. The van der Waals surface area contributed by atoms with Crippen LogP contribution in [-0.4, -0.2) is 16.0 Å². The molecular formula is C25H27NO2. The largest absolute Gasteiger partial charge is 0.481 e. The first kappa shape index (κ1) is 19.8. The Kier molecular flexibility index (Phi) is 6.62. The molecule has 3 rings (SSSR count). The average Bonchev–Trinajstić information content (AvgIpc) is 2.71. The predicted octanol–water partition coefficient (Wildman–Crippen LogP) is 5.46. The highest BCUT2D eigenvalue weighted by Gasteiger charge is 2.31. The molecular weight excluding hydrogens is 346 g/mol. The van der Waals surface area contributed by atoms with Crippen molar-refractivity contribution in [2.75, 3.05) is 0 Å². The molecule has 144 valence electrons. The highest BCUT2D eigenvalue weighted by molar-refractivity contribution is 5.70. The number of hydrogen-bond donors (Lipinski definition) is 1. The maximum Gasteiger partial charge on any atom is 0.308 e. The van der Waals surface area contributed by atoms with E-state index < -0.39 is 11.9 Å². The van der Waals surface area contributed by atoms with E-state index in [-0.39, 0.29) is 6.04 Å². The Morgan fingerprint density at radius 3 is 2.04 bits per heavy atom. The first-order chi connectivity index (χ1) is 13.6. The fourth-order valence-electron chi connectivity index (χ4n) is 3.68. The van der Waals surface area contributed by atoms with Crippen LogP contribution < -0.4 is 0 Å². The van der Waals surface area contributed by atoms with Crippen molar-refractivity contribution in [3.63, 3.8) is 0 Å². The van der Waals surface area contributed by atoms with Crippen molar-refractivity contribution >= 4 is 5.97 Å². The molecule has 1 N–H and O–H groups in total. The van der Waals surface area contributed by atoms with E-state index in [4.69, 9.17) is 0 Å². The van der Waals surface area contributed by atoms with E-state index in [1.165, 1.54) is 16.7 Å². The standard InChI is InChI=1S/C25H27NO2/c1-19-11-9-10-16-23(19)18-26(17-21-12-5-3-6-13-21)24(20(2)25(27)28)22-14-7-4-8-15-22/h3-16,20,24H,17-18H2,1-2H3,(H,27,28)/t20-,24+/m1/s1. The second-order valence-electron chi connectivity index (χ2n) is 7.30. The van der Waals surface area contributed by atoms with Gasteiger partial charge in [0.05, 0.1) is 5.92 Å². The number of carboxylic acid groups (broad SMARTS) is 1. The fraction of sp³-hybridized carbons (Fsp3) is 0.240. The number of hydrogen-bond acceptors (Lipinski definition) is 2. The highest BCUT2D eigenvalue weighted by atomic mass is 16.4. The predicted molar refractivity (Wildman–Crippen MR) is 113 cm³/mol. The zero-order valence-corrected chi connectivity index (χ0v) is 16.5. The van der Waals surface area contributed by atoms with Crippen LogP contribution in [0.1, 0.15) is 35.2 Å². The Morgan fingerprint density at radius 2 is 1.43 bits per heavy atom. The Bertz CT molecular complexity index is 893. The zero-order valence-electron chi connectivity index (χ0n) is 16.5. The van der Waals surface area contributed by atoms with Gasteiger partial charge in [0.1, 0.15) is 0 Å². The number of benzene rings is 3. The number of carboxylic acids is 1. The van der Waals surface area contributed by atoms with Crippen LogP contribution in [0.25, 0.3) is 0 Å². The van der Waals surface area contributed by atoms with Gasteiger partial charge in [0, 0.05) is 19.1 Å². The summed E-state index contributed by atoms with van der Waals surface area (Å²) in [7, 11) is 0. The average molecular weight is 373 g/mol. The Labute approximate surface area is 167 Å². The van der Waals surface area contributed by atoms with Gasteiger partial charge in [-0.05, 0) is 29.2 Å². The number of carbonyl (C=O) groups is 1. The van der Waals surface area contributed by atoms with Gasteiger partial charge in [0.25, 0.3) is 0 Å². The summed E-state index contributed by atoms with van der Waals surface area (Å²) in [5, 5.41) is 9.82. The third kappa shape index (κ3) is 4.87. The molecule has 3 heteroatoms. The Hall–Kier alpha value is -2.91. The SMILES string of the molecule is Cc1ccccc1CN(Cc1ccccc1)[C@H](c1ccccc1)[C@@H](C)C(=O)O. The minimum absolute atomic E-state index is 0.224. The van der Waals surface area contributed by atoms with Gasteiger partial charge in [-0.2, -0.15) is 0 Å². The molecule has 0 amide bonds.